The number of hydrogen-bond acceptors (Lipinski definition) is 12. The molecule has 2 heterocycles. The Kier molecular flexibility index (Phi) is 10.2. The minimum absolute atomic E-state index is 0.0248. The van der Waals surface area contributed by atoms with Crippen LogP contribution in [0.2, 0.25) is 0 Å². The molecular weight excluding hydrogens is 384 g/mol. The van der Waals surface area contributed by atoms with Gasteiger partial charge in [0.15, 0.2) is 0 Å². The third-order valence-electron chi connectivity index (χ3n) is 4.08. The van der Waals surface area contributed by atoms with Crippen LogP contribution in [0.25, 0.3) is 0 Å². The van der Waals surface area contributed by atoms with Crippen molar-refractivity contribution >= 4 is 11.9 Å². The Labute approximate surface area is 161 Å². The predicted octanol–water partition coefficient (Wildman–Crippen LogP) is -3.94. The lowest BCUT2D eigenvalue weighted by Crippen LogP contribution is -2.54. The predicted molar refractivity (Wildman–Crippen MR) is 88.8 cm³/mol. The number of aliphatic hydroxyl groups is 6. The molecule has 0 radical (unpaired) electrons. The lowest BCUT2D eigenvalue weighted by molar-refractivity contribution is -0.200. The molecule has 164 valence electrons. The molecule has 0 aromatic rings. The fourth-order valence-corrected chi connectivity index (χ4v) is 2.48. The van der Waals surface area contributed by atoms with Crippen LogP contribution >= 0.6 is 0 Å². The second-order valence-corrected chi connectivity index (χ2v) is 6.45. The molecule has 2 fully saturated rings. The Morgan fingerprint density at radius 3 is 1.93 bits per heavy atom. The van der Waals surface area contributed by atoms with Crippen molar-refractivity contribution in [2.24, 2.45) is 0 Å². The lowest BCUT2D eigenvalue weighted by Gasteiger charge is -2.34. The monoisotopic (exact) mass is 412 g/mol. The smallest absolute Gasteiger partial charge is 0.302 e. The summed E-state index contributed by atoms with van der Waals surface area (Å²) in [7, 11) is 0. The van der Waals surface area contributed by atoms with E-state index in [1.165, 1.54) is 13.8 Å². The Morgan fingerprint density at radius 2 is 1.43 bits per heavy atom. The maximum absolute atomic E-state index is 10.5. The third-order valence-corrected chi connectivity index (χ3v) is 4.08. The molecule has 6 unspecified atom stereocenters. The summed E-state index contributed by atoms with van der Waals surface area (Å²) in [4.78, 5) is 20.9. The first-order chi connectivity index (χ1) is 13.0. The Bertz CT molecular complexity index is 500. The molecule has 0 aromatic heterocycles. The average Bonchev–Trinajstić information content (AvgIpc) is 2.96. The van der Waals surface area contributed by atoms with Gasteiger partial charge in [0.2, 0.25) is 0 Å². The second-order valence-electron chi connectivity index (χ2n) is 6.45. The lowest BCUT2D eigenvalue weighted by atomic mass is 10.0. The third kappa shape index (κ3) is 7.56. The molecule has 8 atom stereocenters. The molecule has 0 saturated carbocycles. The average molecular weight is 412 g/mol. The van der Waals surface area contributed by atoms with Gasteiger partial charge in [-0.05, 0) is 0 Å². The number of ether oxygens (including phenoxy) is 4. The molecular formula is C16H28O12. The van der Waals surface area contributed by atoms with Gasteiger partial charge in [0.25, 0.3) is 0 Å². The largest absolute Gasteiger partial charge is 0.463 e. The van der Waals surface area contributed by atoms with Crippen LogP contribution in [0.3, 0.4) is 0 Å². The van der Waals surface area contributed by atoms with Crippen molar-refractivity contribution < 1.29 is 59.2 Å². The number of carbonyl (C=O) groups excluding carboxylic acids is 2. The minimum Gasteiger partial charge on any atom is -0.463 e. The summed E-state index contributed by atoms with van der Waals surface area (Å²) in [6.07, 6.45) is -8.53. The molecule has 6 N–H and O–H groups in total. The number of carbonyl (C=O) groups is 2. The zero-order valence-corrected chi connectivity index (χ0v) is 15.6. The normalized spacial score (nSPS) is 36.1. The minimum atomic E-state index is -1.26. The van der Waals surface area contributed by atoms with E-state index in [4.69, 9.17) is 19.7 Å². The molecule has 0 spiro atoms. The van der Waals surface area contributed by atoms with E-state index in [1.54, 1.807) is 0 Å². The van der Waals surface area contributed by atoms with Crippen LogP contribution in [0.1, 0.15) is 13.8 Å². The molecule has 2 aliphatic heterocycles. The van der Waals surface area contributed by atoms with Crippen LogP contribution in [0.15, 0.2) is 0 Å². The first-order valence-electron chi connectivity index (χ1n) is 8.62. The van der Waals surface area contributed by atoms with Crippen molar-refractivity contribution in [3.8, 4) is 0 Å². The zero-order valence-electron chi connectivity index (χ0n) is 15.6. The van der Waals surface area contributed by atoms with E-state index in [0.29, 0.717) is 0 Å². The van der Waals surface area contributed by atoms with Crippen LogP contribution in [-0.2, 0) is 28.5 Å². The van der Waals surface area contributed by atoms with Gasteiger partial charge >= 0.3 is 11.9 Å². The van der Waals surface area contributed by atoms with Gasteiger partial charge in [-0.2, -0.15) is 0 Å². The van der Waals surface area contributed by atoms with Crippen molar-refractivity contribution in [1.29, 1.82) is 0 Å². The van der Waals surface area contributed by atoms with Gasteiger partial charge in [-0.25, -0.2) is 0 Å². The maximum Gasteiger partial charge on any atom is 0.302 e. The van der Waals surface area contributed by atoms with Gasteiger partial charge in [-0.1, -0.05) is 0 Å². The summed E-state index contributed by atoms with van der Waals surface area (Å²) in [6, 6.07) is 0. The second kappa shape index (κ2) is 11.6. The molecule has 0 bridgehead atoms. The highest BCUT2D eigenvalue weighted by atomic mass is 16.6. The molecule has 2 saturated heterocycles. The van der Waals surface area contributed by atoms with Crippen molar-refractivity contribution in [2.75, 3.05) is 26.4 Å². The molecule has 12 nitrogen and oxygen atoms in total. The highest BCUT2D eigenvalue weighted by Crippen LogP contribution is 2.18. The number of esters is 2. The molecule has 28 heavy (non-hydrogen) atoms. The van der Waals surface area contributed by atoms with E-state index >= 15 is 0 Å². The summed E-state index contributed by atoms with van der Waals surface area (Å²) in [5.74, 6) is -1.00. The number of aliphatic hydroxyl groups excluding tert-OH is 6. The fourth-order valence-electron chi connectivity index (χ4n) is 2.48. The van der Waals surface area contributed by atoms with E-state index in [1.807, 2.05) is 0 Å². The topological polar surface area (TPSA) is 192 Å². The molecule has 0 aromatic carbocycles. The van der Waals surface area contributed by atoms with E-state index in [9.17, 15) is 30.0 Å². The standard InChI is InChI=1S/2C8H14O6/c1-4(9)13-3-6-8(12)7(11)5(10)2-14-6;1-4(9)13-3-6(11)8-7(12)5(10)2-14-8/h2*5-8,10-12H,2-3H2,1H3/t;5?,6?,7-,8-/m.1/s1. The Hall–Kier alpha value is -1.38. The maximum atomic E-state index is 10.5. The van der Waals surface area contributed by atoms with Gasteiger partial charge in [-0.15, -0.1) is 0 Å². The fraction of sp³-hybridized carbons (Fsp3) is 0.875. The summed E-state index contributed by atoms with van der Waals surface area (Å²) in [5.41, 5.74) is 0. The van der Waals surface area contributed by atoms with Gasteiger partial charge in [0.05, 0.1) is 13.2 Å². The van der Waals surface area contributed by atoms with E-state index in [-0.39, 0.29) is 26.4 Å². The van der Waals surface area contributed by atoms with Gasteiger partial charge < -0.3 is 49.6 Å². The summed E-state index contributed by atoms with van der Waals surface area (Å²) in [5, 5.41) is 55.6. The van der Waals surface area contributed by atoms with E-state index < -0.39 is 60.8 Å². The van der Waals surface area contributed by atoms with Crippen LogP contribution in [-0.4, -0.2) is 118 Å². The SMILES string of the molecule is CC(=O)OCC(O)[C@H]1OCC(O)[C@H]1O.CC(=O)OCC1OCC(O)C(O)C1O. The summed E-state index contributed by atoms with van der Waals surface area (Å²) in [6.45, 7) is 1.98. The van der Waals surface area contributed by atoms with Crippen LogP contribution in [0.4, 0.5) is 0 Å². The number of rotatable bonds is 5. The Morgan fingerprint density at radius 1 is 0.893 bits per heavy atom. The molecule has 12 heteroatoms. The van der Waals surface area contributed by atoms with Crippen molar-refractivity contribution in [3.63, 3.8) is 0 Å². The van der Waals surface area contributed by atoms with Gasteiger partial charge in [-0.3, -0.25) is 9.59 Å². The van der Waals surface area contributed by atoms with Crippen molar-refractivity contribution in [1.82, 2.24) is 0 Å². The van der Waals surface area contributed by atoms with Gasteiger partial charge in [0.1, 0.15) is 62.0 Å². The molecule has 2 aliphatic rings. The number of hydrogen-bond donors (Lipinski definition) is 6. The summed E-state index contributed by atoms with van der Waals surface area (Å²) >= 11 is 0. The van der Waals surface area contributed by atoms with Crippen LogP contribution in [0.5, 0.6) is 0 Å². The van der Waals surface area contributed by atoms with Crippen LogP contribution < -0.4 is 0 Å². The molecule has 0 aliphatic carbocycles. The van der Waals surface area contributed by atoms with E-state index in [0.717, 1.165) is 0 Å². The quantitative estimate of drug-likeness (QED) is 0.241. The Balaban J connectivity index is 0.000000280. The molecule has 0 amide bonds. The first kappa shape index (κ1) is 24.7. The van der Waals surface area contributed by atoms with E-state index in [2.05, 4.69) is 9.47 Å². The van der Waals surface area contributed by atoms with Crippen LogP contribution in [0, 0.1) is 0 Å². The molecule has 2 rings (SSSR count). The van der Waals surface area contributed by atoms with Crippen molar-refractivity contribution in [3.05, 3.63) is 0 Å². The summed E-state index contributed by atoms with van der Waals surface area (Å²) < 4.78 is 19.1. The van der Waals surface area contributed by atoms with Crippen molar-refractivity contribution in [2.45, 2.75) is 62.7 Å². The first-order valence-corrected chi connectivity index (χ1v) is 8.62. The highest BCUT2D eigenvalue weighted by Gasteiger charge is 2.39. The van der Waals surface area contributed by atoms with Gasteiger partial charge in [0, 0.05) is 13.8 Å². The highest BCUT2D eigenvalue weighted by molar-refractivity contribution is 5.66. The zero-order chi connectivity index (χ0) is 21.4.